The highest BCUT2D eigenvalue weighted by Crippen LogP contribution is 2.27. The smallest absolute Gasteiger partial charge is 0.227 e. The molecule has 25 heavy (non-hydrogen) atoms. The van der Waals surface area contributed by atoms with Crippen molar-refractivity contribution in [2.24, 2.45) is 0 Å². The first-order chi connectivity index (χ1) is 12.2. The number of carbonyl (C=O) groups is 1. The Morgan fingerprint density at radius 3 is 3.08 bits per heavy atom. The van der Waals surface area contributed by atoms with Gasteiger partial charge in [-0.2, -0.15) is 0 Å². The van der Waals surface area contributed by atoms with Gasteiger partial charge in [0, 0.05) is 37.3 Å². The monoisotopic (exact) mass is 342 g/mol. The Labute approximate surface area is 147 Å². The summed E-state index contributed by atoms with van der Waals surface area (Å²) in [7, 11) is 0. The first-order valence-electron chi connectivity index (χ1n) is 8.79. The van der Waals surface area contributed by atoms with Gasteiger partial charge >= 0.3 is 0 Å². The van der Waals surface area contributed by atoms with Crippen LogP contribution in [0, 0.1) is 5.82 Å². The van der Waals surface area contributed by atoms with Gasteiger partial charge in [-0.1, -0.05) is 13.0 Å². The molecule has 1 N–H and O–H groups in total. The molecule has 0 bridgehead atoms. The fourth-order valence-electron chi connectivity index (χ4n) is 3.17. The van der Waals surface area contributed by atoms with Crippen LogP contribution in [0.2, 0.25) is 0 Å². The molecule has 2 heterocycles. The average Bonchev–Trinajstić information content (AvgIpc) is 2.62. The van der Waals surface area contributed by atoms with Gasteiger partial charge in [0.2, 0.25) is 11.9 Å². The van der Waals surface area contributed by atoms with Gasteiger partial charge in [-0.25, -0.2) is 14.4 Å². The highest BCUT2D eigenvalue weighted by molar-refractivity contribution is 5.76. The Morgan fingerprint density at radius 2 is 2.28 bits per heavy atom. The van der Waals surface area contributed by atoms with E-state index < -0.39 is 0 Å². The molecule has 1 aromatic carbocycles. The normalized spacial score (nSPS) is 17.4. The number of piperidine rings is 1. The van der Waals surface area contributed by atoms with Gasteiger partial charge in [-0.15, -0.1) is 0 Å². The van der Waals surface area contributed by atoms with E-state index in [-0.39, 0.29) is 17.6 Å². The van der Waals surface area contributed by atoms with E-state index in [1.807, 2.05) is 17.9 Å². The highest BCUT2D eigenvalue weighted by atomic mass is 19.1. The van der Waals surface area contributed by atoms with Crippen LogP contribution in [0.15, 0.2) is 36.5 Å². The third-order valence-electron chi connectivity index (χ3n) is 4.41. The van der Waals surface area contributed by atoms with Crippen LogP contribution >= 0.6 is 0 Å². The molecule has 132 valence electrons. The molecule has 1 fully saturated rings. The maximum Gasteiger partial charge on any atom is 0.227 e. The lowest BCUT2D eigenvalue weighted by Gasteiger charge is -2.32. The van der Waals surface area contributed by atoms with E-state index in [0.29, 0.717) is 24.6 Å². The van der Waals surface area contributed by atoms with Crippen LogP contribution in [0.3, 0.4) is 0 Å². The summed E-state index contributed by atoms with van der Waals surface area (Å²) in [5.74, 6) is 0.573. The summed E-state index contributed by atoms with van der Waals surface area (Å²) in [5, 5.41) is 3.04. The molecule has 2 aromatic rings. The highest BCUT2D eigenvalue weighted by Gasteiger charge is 2.25. The molecule has 5 nitrogen and oxygen atoms in total. The zero-order chi connectivity index (χ0) is 17.6. The van der Waals surface area contributed by atoms with E-state index in [1.54, 1.807) is 18.3 Å². The summed E-state index contributed by atoms with van der Waals surface area (Å²) in [6.45, 7) is 3.55. The molecule has 0 radical (unpaired) electrons. The standard InChI is InChI=1S/C19H23FN4O/c1-2-5-18(25)24-11-4-6-14(13-24)17-9-10-21-19(23-17)22-16-8-3-7-15(20)12-16/h3,7-10,12,14H,2,4-6,11,13H2,1H3,(H,21,22,23). The Bertz CT molecular complexity index is 737. The number of hydrogen-bond donors (Lipinski definition) is 1. The van der Waals surface area contributed by atoms with Crippen molar-refractivity contribution in [2.45, 2.75) is 38.5 Å². The van der Waals surface area contributed by atoms with E-state index in [1.165, 1.54) is 12.1 Å². The van der Waals surface area contributed by atoms with Crippen LogP contribution in [0.4, 0.5) is 16.0 Å². The Hall–Kier alpha value is -2.50. The number of anilines is 2. The topological polar surface area (TPSA) is 58.1 Å². The number of hydrogen-bond acceptors (Lipinski definition) is 4. The maximum atomic E-state index is 13.3. The predicted octanol–water partition coefficient (Wildman–Crippen LogP) is 3.87. The van der Waals surface area contributed by atoms with Crippen LogP contribution in [0.1, 0.15) is 44.2 Å². The molecule has 1 aliphatic rings. The van der Waals surface area contributed by atoms with E-state index in [9.17, 15) is 9.18 Å². The van der Waals surface area contributed by atoms with Gasteiger partial charge < -0.3 is 10.2 Å². The lowest BCUT2D eigenvalue weighted by atomic mass is 9.94. The number of aromatic nitrogens is 2. The number of nitrogens with zero attached hydrogens (tertiary/aromatic N) is 3. The van der Waals surface area contributed by atoms with Gasteiger partial charge in [0.05, 0.1) is 5.69 Å². The van der Waals surface area contributed by atoms with E-state index in [0.717, 1.165) is 31.5 Å². The fraction of sp³-hybridized carbons (Fsp3) is 0.421. The predicted molar refractivity (Wildman–Crippen MR) is 95.2 cm³/mol. The molecular formula is C19H23FN4O. The number of halogens is 1. The quantitative estimate of drug-likeness (QED) is 0.896. The first-order valence-corrected chi connectivity index (χ1v) is 8.79. The SMILES string of the molecule is CCCC(=O)N1CCCC(c2ccnc(Nc3cccc(F)c3)n2)C1. The largest absolute Gasteiger partial charge is 0.342 e. The molecule has 3 rings (SSSR count). The third-order valence-corrected chi connectivity index (χ3v) is 4.41. The number of carbonyl (C=O) groups excluding carboxylic acids is 1. The average molecular weight is 342 g/mol. The zero-order valence-corrected chi connectivity index (χ0v) is 14.4. The maximum absolute atomic E-state index is 13.3. The van der Waals surface area contributed by atoms with Gasteiger partial charge in [-0.05, 0) is 43.5 Å². The lowest BCUT2D eigenvalue weighted by molar-refractivity contribution is -0.132. The Morgan fingerprint density at radius 1 is 1.40 bits per heavy atom. The minimum atomic E-state index is -0.307. The van der Waals surface area contributed by atoms with Crippen molar-refractivity contribution in [2.75, 3.05) is 18.4 Å². The summed E-state index contributed by atoms with van der Waals surface area (Å²) < 4.78 is 13.3. The lowest BCUT2D eigenvalue weighted by Crippen LogP contribution is -2.39. The number of nitrogens with one attached hydrogen (secondary N) is 1. The van der Waals surface area contributed by atoms with Gasteiger partial charge in [-0.3, -0.25) is 4.79 Å². The van der Waals surface area contributed by atoms with Crippen molar-refractivity contribution in [3.63, 3.8) is 0 Å². The molecule has 1 aliphatic heterocycles. The second-order valence-electron chi connectivity index (χ2n) is 6.37. The summed E-state index contributed by atoms with van der Waals surface area (Å²) in [4.78, 5) is 22.9. The summed E-state index contributed by atoms with van der Waals surface area (Å²) in [6.07, 6.45) is 5.16. The minimum Gasteiger partial charge on any atom is -0.342 e. The third kappa shape index (κ3) is 4.53. The van der Waals surface area contributed by atoms with E-state index in [4.69, 9.17) is 0 Å². The molecule has 0 saturated carbocycles. The number of amides is 1. The van der Waals surface area contributed by atoms with Crippen molar-refractivity contribution in [3.05, 3.63) is 48.0 Å². The molecule has 0 spiro atoms. The van der Waals surface area contributed by atoms with Gasteiger partial charge in [0.15, 0.2) is 0 Å². The number of likely N-dealkylation sites (tertiary alicyclic amines) is 1. The zero-order valence-electron chi connectivity index (χ0n) is 14.4. The van der Waals surface area contributed by atoms with Crippen LogP contribution in [-0.2, 0) is 4.79 Å². The molecule has 1 unspecified atom stereocenters. The van der Waals surface area contributed by atoms with Gasteiger partial charge in [0.25, 0.3) is 0 Å². The number of rotatable bonds is 5. The molecule has 1 amide bonds. The van der Waals surface area contributed by atoms with E-state index >= 15 is 0 Å². The first kappa shape index (κ1) is 17.3. The van der Waals surface area contributed by atoms with Crippen molar-refractivity contribution in [1.82, 2.24) is 14.9 Å². The van der Waals surface area contributed by atoms with Gasteiger partial charge in [0.1, 0.15) is 5.82 Å². The molecule has 1 saturated heterocycles. The second-order valence-corrected chi connectivity index (χ2v) is 6.37. The van der Waals surface area contributed by atoms with Crippen LogP contribution in [-0.4, -0.2) is 33.9 Å². The van der Waals surface area contributed by atoms with Crippen molar-refractivity contribution < 1.29 is 9.18 Å². The van der Waals surface area contributed by atoms with Crippen LogP contribution < -0.4 is 5.32 Å². The van der Waals surface area contributed by atoms with Crippen LogP contribution in [0.5, 0.6) is 0 Å². The summed E-state index contributed by atoms with van der Waals surface area (Å²) >= 11 is 0. The molecule has 1 aromatic heterocycles. The van der Waals surface area contributed by atoms with E-state index in [2.05, 4.69) is 15.3 Å². The molecular weight excluding hydrogens is 319 g/mol. The Balaban J connectivity index is 1.71. The summed E-state index contributed by atoms with van der Waals surface area (Å²) in [6, 6.07) is 8.11. The van der Waals surface area contributed by atoms with Crippen molar-refractivity contribution in [3.8, 4) is 0 Å². The van der Waals surface area contributed by atoms with Crippen LogP contribution in [0.25, 0.3) is 0 Å². The number of benzene rings is 1. The molecule has 6 heteroatoms. The fourth-order valence-corrected chi connectivity index (χ4v) is 3.17. The minimum absolute atomic E-state index is 0.214. The van der Waals surface area contributed by atoms with Crippen molar-refractivity contribution in [1.29, 1.82) is 0 Å². The van der Waals surface area contributed by atoms with Crippen molar-refractivity contribution >= 4 is 17.5 Å². The second kappa shape index (κ2) is 8.05. The Kier molecular flexibility index (Phi) is 5.58. The summed E-state index contributed by atoms with van der Waals surface area (Å²) in [5.41, 5.74) is 1.53. The molecule has 0 aliphatic carbocycles. The molecule has 1 atom stereocenters.